The van der Waals surface area contributed by atoms with Gasteiger partial charge in [0.1, 0.15) is 0 Å². The Morgan fingerprint density at radius 3 is 2.59 bits per heavy atom. The lowest BCUT2D eigenvalue weighted by Crippen LogP contribution is -2.49. The molecule has 0 bridgehead atoms. The number of fused-ring (bicyclic) bond motifs is 1. The Bertz CT molecular complexity index is 1310. The van der Waals surface area contributed by atoms with Gasteiger partial charge in [0.25, 0.3) is 0 Å². The largest absolute Gasteiger partial charge is 0.454 e. The lowest BCUT2D eigenvalue weighted by atomic mass is 10.1. The molecule has 0 unspecified atom stereocenters. The molecule has 2 aromatic carbocycles. The van der Waals surface area contributed by atoms with E-state index in [4.69, 9.17) is 9.47 Å². The minimum atomic E-state index is -4.39. The molecule has 0 atom stereocenters. The van der Waals surface area contributed by atoms with Crippen molar-refractivity contribution in [1.29, 1.82) is 0 Å². The van der Waals surface area contributed by atoms with Crippen LogP contribution in [0.1, 0.15) is 21.6 Å². The highest BCUT2D eigenvalue weighted by molar-refractivity contribution is 8.01. The number of hydrogen-bond donors (Lipinski definition) is 0. The van der Waals surface area contributed by atoms with Gasteiger partial charge in [-0.05, 0) is 36.4 Å². The predicted octanol–water partition coefficient (Wildman–Crippen LogP) is 4.76. The average Bonchev–Trinajstić information content (AvgIpc) is 3.56. The number of aromatic nitrogens is 1. The highest BCUT2D eigenvalue weighted by Crippen LogP contribution is 2.34. The van der Waals surface area contributed by atoms with Gasteiger partial charge >= 0.3 is 6.18 Å². The van der Waals surface area contributed by atoms with Crippen molar-refractivity contribution in [3.05, 3.63) is 64.7 Å². The van der Waals surface area contributed by atoms with Crippen molar-refractivity contribution in [1.82, 2.24) is 9.88 Å². The molecule has 37 heavy (non-hydrogen) atoms. The number of ether oxygens (including phenoxy) is 2. The van der Waals surface area contributed by atoms with Crippen LogP contribution in [0.5, 0.6) is 11.5 Å². The SMILES string of the molecule is O=C(CSc1nc(CC(=O)N2CCN(c3cccc(C(F)(F)F)c3)CC2)cs1)c1ccc2c(c1)OCO2. The molecule has 5 rings (SSSR count). The van der Waals surface area contributed by atoms with E-state index in [2.05, 4.69) is 4.98 Å². The van der Waals surface area contributed by atoms with Crippen LogP contribution in [0, 0.1) is 0 Å². The number of anilines is 1. The van der Waals surface area contributed by atoms with Gasteiger partial charge in [-0.15, -0.1) is 11.3 Å². The van der Waals surface area contributed by atoms with Crippen LogP contribution in [0.15, 0.2) is 52.2 Å². The van der Waals surface area contributed by atoms with Crippen molar-refractivity contribution in [3.8, 4) is 11.5 Å². The monoisotopic (exact) mass is 549 g/mol. The highest BCUT2D eigenvalue weighted by atomic mass is 32.2. The minimum Gasteiger partial charge on any atom is -0.454 e. The van der Waals surface area contributed by atoms with Crippen LogP contribution in [0.3, 0.4) is 0 Å². The molecule has 3 heterocycles. The summed E-state index contributed by atoms with van der Waals surface area (Å²) in [7, 11) is 0. The zero-order valence-corrected chi connectivity index (χ0v) is 21.1. The molecule has 0 saturated carbocycles. The number of ketones is 1. The van der Waals surface area contributed by atoms with E-state index >= 15 is 0 Å². The Labute approximate surface area is 219 Å². The van der Waals surface area contributed by atoms with Crippen molar-refractivity contribution in [2.24, 2.45) is 0 Å². The molecule has 1 fully saturated rings. The molecule has 7 nitrogen and oxygen atoms in total. The third-order valence-electron chi connectivity index (χ3n) is 6.06. The van der Waals surface area contributed by atoms with E-state index in [1.807, 2.05) is 10.3 Å². The zero-order chi connectivity index (χ0) is 26.0. The van der Waals surface area contributed by atoms with E-state index in [1.165, 1.54) is 29.2 Å². The summed E-state index contributed by atoms with van der Waals surface area (Å²) in [5, 5.41) is 1.81. The van der Waals surface area contributed by atoms with E-state index in [0.29, 0.717) is 59.0 Å². The molecule has 12 heteroatoms. The summed E-state index contributed by atoms with van der Waals surface area (Å²) in [4.78, 5) is 33.4. The number of nitrogens with zero attached hydrogens (tertiary/aromatic N) is 3. The van der Waals surface area contributed by atoms with Gasteiger partial charge in [-0.1, -0.05) is 17.8 Å². The summed E-state index contributed by atoms with van der Waals surface area (Å²) in [5.41, 5.74) is 0.984. The third kappa shape index (κ3) is 6.02. The van der Waals surface area contributed by atoms with Gasteiger partial charge in [0, 0.05) is 42.8 Å². The van der Waals surface area contributed by atoms with Crippen molar-refractivity contribution in [2.75, 3.05) is 43.6 Å². The van der Waals surface area contributed by atoms with Crippen LogP contribution in [0.25, 0.3) is 0 Å². The van der Waals surface area contributed by atoms with Gasteiger partial charge in [-0.25, -0.2) is 4.98 Å². The number of halogens is 3. The van der Waals surface area contributed by atoms with Crippen LogP contribution in [0.4, 0.5) is 18.9 Å². The number of carbonyl (C=O) groups is 2. The van der Waals surface area contributed by atoms with Gasteiger partial charge in [0.2, 0.25) is 12.7 Å². The Balaban J connectivity index is 1.10. The second kappa shape index (κ2) is 10.6. The molecule has 1 saturated heterocycles. The Morgan fingerprint density at radius 2 is 1.81 bits per heavy atom. The number of Topliss-reactive ketones (excluding diaryl/α,β-unsaturated/α-hetero) is 1. The molecular weight excluding hydrogens is 527 g/mol. The molecule has 2 aliphatic rings. The van der Waals surface area contributed by atoms with Gasteiger partial charge in [0.15, 0.2) is 21.6 Å². The first-order valence-corrected chi connectivity index (χ1v) is 13.3. The Hall–Kier alpha value is -3.25. The van der Waals surface area contributed by atoms with Crippen LogP contribution in [-0.4, -0.2) is 60.3 Å². The first-order valence-electron chi connectivity index (χ1n) is 11.5. The molecule has 194 valence electrons. The maximum Gasteiger partial charge on any atom is 0.416 e. The lowest BCUT2D eigenvalue weighted by molar-refractivity contribution is -0.137. The normalized spacial score (nSPS) is 15.2. The van der Waals surface area contributed by atoms with E-state index < -0.39 is 11.7 Å². The number of thiazole rings is 1. The van der Waals surface area contributed by atoms with Crippen molar-refractivity contribution in [3.63, 3.8) is 0 Å². The summed E-state index contributed by atoms with van der Waals surface area (Å²) in [5.74, 6) is 1.24. The molecular formula is C25H22F3N3O4S2. The van der Waals surface area contributed by atoms with Gasteiger partial charge < -0.3 is 19.3 Å². The molecule has 2 aliphatic heterocycles. The summed E-state index contributed by atoms with van der Waals surface area (Å²) in [6, 6.07) is 10.3. The molecule has 1 aromatic heterocycles. The topological polar surface area (TPSA) is 72.0 Å². The van der Waals surface area contributed by atoms with Crippen LogP contribution in [0.2, 0.25) is 0 Å². The number of amides is 1. The number of thioether (sulfide) groups is 1. The number of piperazine rings is 1. The second-order valence-electron chi connectivity index (χ2n) is 8.48. The second-order valence-corrected chi connectivity index (χ2v) is 10.6. The van der Waals surface area contributed by atoms with Gasteiger partial charge in [0.05, 0.1) is 23.4 Å². The minimum absolute atomic E-state index is 0.0604. The fraction of sp³-hybridized carbons (Fsp3) is 0.320. The van der Waals surface area contributed by atoms with Gasteiger partial charge in [-0.2, -0.15) is 13.2 Å². The Kier molecular flexibility index (Phi) is 7.29. The molecule has 0 spiro atoms. The van der Waals surface area contributed by atoms with Crippen molar-refractivity contribution < 1.29 is 32.2 Å². The van der Waals surface area contributed by atoms with Gasteiger partial charge in [-0.3, -0.25) is 9.59 Å². The van der Waals surface area contributed by atoms with Crippen LogP contribution < -0.4 is 14.4 Å². The predicted molar refractivity (Wildman–Crippen MR) is 134 cm³/mol. The fourth-order valence-electron chi connectivity index (χ4n) is 4.08. The fourth-order valence-corrected chi connectivity index (χ4v) is 5.82. The first kappa shape index (κ1) is 25.4. The molecule has 0 N–H and O–H groups in total. The quantitative estimate of drug-likeness (QED) is 0.311. The Morgan fingerprint density at radius 1 is 1.03 bits per heavy atom. The smallest absolute Gasteiger partial charge is 0.416 e. The van der Waals surface area contributed by atoms with Crippen LogP contribution >= 0.6 is 23.1 Å². The summed E-state index contributed by atoms with van der Waals surface area (Å²) in [6.45, 7) is 1.89. The van der Waals surface area contributed by atoms with E-state index in [9.17, 15) is 22.8 Å². The summed E-state index contributed by atoms with van der Waals surface area (Å²) >= 11 is 2.70. The number of rotatable bonds is 7. The average molecular weight is 550 g/mol. The maximum atomic E-state index is 13.0. The molecule has 1 amide bonds. The maximum absolute atomic E-state index is 13.0. The van der Waals surface area contributed by atoms with E-state index in [-0.39, 0.29) is 30.7 Å². The van der Waals surface area contributed by atoms with Crippen molar-refractivity contribution >= 4 is 40.5 Å². The third-order valence-corrected chi connectivity index (χ3v) is 8.13. The standard InChI is InChI=1S/C25H22F3N3O4S2/c26-25(27,28)17-2-1-3-19(11-17)30-6-8-31(9-7-30)23(33)12-18-13-36-24(29-18)37-14-20(32)16-4-5-21-22(10-16)35-15-34-21/h1-5,10-11,13H,6-9,12,14-15H2. The summed E-state index contributed by atoms with van der Waals surface area (Å²) < 4.78 is 50.3. The summed E-state index contributed by atoms with van der Waals surface area (Å²) in [6.07, 6.45) is -4.26. The number of benzene rings is 2. The first-order chi connectivity index (χ1) is 17.8. The number of hydrogen-bond acceptors (Lipinski definition) is 8. The highest BCUT2D eigenvalue weighted by Gasteiger charge is 2.31. The molecule has 0 radical (unpaired) electrons. The molecule has 0 aliphatic carbocycles. The number of carbonyl (C=O) groups excluding carboxylic acids is 2. The lowest BCUT2D eigenvalue weighted by Gasteiger charge is -2.36. The van der Waals surface area contributed by atoms with Crippen molar-refractivity contribution in [2.45, 2.75) is 16.9 Å². The number of alkyl halides is 3. The van der Waals surface area contributed by atoms with Crippen LogP contribution in [-0.2, 0) is 17.4 Å². The van der Waals surface area contributed by atoms with E-state index in [0.717, 1.165) is 12.1 Å². The molecule has 3 aromatic rings. The van der Waals surface area contributed by atoms with E-state index in [1.54, 1.807) is 29.2 Å². The zero-order valence-electron chi connectivity index (χ0n) is 19.5.